The first-order valence-electron chi connectivity index (χ1n) is 6.75. The zero-order chi connectivity index (χ0) is 12.0. The molecule has 1 rings (SSSR count). The van der Waals surface area contributed by atoms with E-state index in [4.69, 9.17) is 0 Å². The monoisotopic (exact) mass is 228 g/mol. The Morgan fingerprint density at radius 3 is 2.69 bits per heavy atom. The smallest absolute Gasteiger partial charge is 0.0585 e. The van der Waals surface area contributed by atoms with E-state index in [1.807, 2.05) is 0 Å². The molecule has 96 valence electrons. The molecule has 0 aromatic heterocycles. The van der Waals surface area contributed by atoms with Crippen LogP contribution in [0.15, 0.2) is 0 Å². The van der Waals surface area contributed by atoms with E-state index in [2.05, 4.69) is 31.0 Å². The third kappa shape index (κ3) is 4.81. The summed E-state index contributed by atoms with van der Waals surface area (Å²) in [5.74, 6) is 0.908. The molecule has 0 aromatic rings. The molecule has 3 nitrogen and oxygen atoms in total. The average Bonchev–Trinajstić information content (AvgIpc) is 2.71. The van der Waals surface area contributed by atoms with Crippen LogP contribution in [-0.2, 0) is 0 Å². The lowest BCUT2D eigenvalue weighted by molar-refractivity contribution is 0.209. The van der Waals surface area contributed by atoms with E-state index in [0.29, 0.717) is 6.04 Å². The van der Waals surface area contributed by atoms with Gasteiger partial charge in [0.2, 0.25) is 0 Å². The Labute approximate surface area is 100 Å². The highest BCUT2D eigenvalue weighted by Crippen LogP contribution is 2.19. The van der Waals surface area contributed by atoms with Crippen molar-refractivity contribution >= 4 is 0 Å². The molecular formula is C13H28N2O. The van der Waals surface area contributed by atoms with Gasteiger partial charge < -0.3 is 15.3 Å². The van der Waals surface area contributed by atoms with Gasteiger partial charge in [-0.05, 0) is 31.8 Å². The molecular weight excluding hydrogens is 200 g/mol. The van der Waals surface area contributed by atoms with E-state index in [-0.39, 0.29) is 12.6 Å². The number of hydrogen-bond donors (Lipinski definition) is 2. The molecule has 1 aliphatic rings. The number of hydrogen-bond acceptors (Lipinski definition) is 3. The van der Waals surface area contributed by atoms with Crippen molar-refractivity contribution in [2.24, 2.45) is 5.92 Å². The molecule has 0 bridgehead atoms. The Kier molecular flexibility index (Phi) is 6.32. The lowest BCUT2D eigenvalue weighted by Gasteiger charge is -2.22. The van der Waals surface area contributed by atoms with Gasteiger partial charge in [-0.15, -0.1) is 0 Å². The lowest BCUT2D eigenvalue weighted by Crippen LogP contribution is -2.40. The fourth-order valence-corrected chi connectivity index (χ4v) is 2.49. The zero-order valence-electron chi connectivity index (χ0n) is 11.1. The van der Waals surface area contributed by atoms with Gasteiger partial charge in [-0.2, -0.15) is 0 Å². The van der Waals surface area contributed by atoms with Crippen molar-refractivity contribution in [2.75, 3.05) is 26.2 Å². The largest absolute Gasteiger partial charge is 0.395 e. The molecule has 0 aliphatic carbocycles. The minimum Gasteiger partial charge on any atom is -0.395 e. The number of aliphatic hydroxyl groups is 1. The Morgan fingerprint density at radius 1 is 1.44 bits per heavy atom. The minimum atomic E-state index is 0.253. The predicted octanol–water partition coefficient (Wildman–Crippen LogP) is 1.47. The summed E-state index contributed by atoms with van der Waals surface area (Å²) in [6.45, 7) is 10.4. The van der Waals surface area contributed by atoms with Crippen LogP contribution in [0.3, 0.4) is 0 Å². The molecule has 2 atom stereocenters. The van der Waals surface area contributed by atoms with Crippen molar-refractivity contribution in [3.8, 4) is 0 Å². The van der Waals surface area contributed by atoms with E-state index in [1.165, 1.54) is 25.9 Å². The molecule has 16 heavy (non-hydrogen) atoms. The van der Waals surface area contributed by atoms with E-state index in [9.17, 15) is 5.11 Å². The molecule has 2 unspecified atom stereocenters. The second kappa shape index (κ2) is 7.25. The normalized spacial score (nSPS) is 24.2. The molecule has 0 spiro atoms. The first-order valence-corrected chi connectivity index (χ1v) is 6.75. The summed E-state index contributed by atoms with van der Waals surface area (Å²) in [5, 5.41) is 12.7. The van der Waals surface area contributed by atoms with Gasteiger partial charge in [0.05, 0.1) is 6.61 Å². The van der Waals surface area contributed by atoms with Crippen LogP contribution in [0.25, 0.3) is 0 Å². The summed E-state index contributed by atoms with van der Waals surface area (Å²) in [5.41, 5.74) is 0. The first-order chi connectivity index (χ1) is 7.65. The summed E-state index contributed by atoms with van der Waals surface area (Å²) in [4.78, 5) is 2.54. The number of nitrogens with one attached hydrogen (secondary N) is 1. The third-order valence-electron chi connectivity index (χ3n) is 3.53. The third-order valence-corrected chi connectivity index (χ3v) is 3.53. The molecule has 0 radical (unpaired) electrons. The number of likely N-dealkylation sites (tertiary alicyclic amines) is 1. The molecule has 1 fully saturated rings. The summed E-state index contributed by atoms with van der Waals surface area (Å²) < 4.78 is 0. The maximum atomic E-state index is 9.27. The molecule has 1 saturated heterocycles. The topological polar surface area (TPSA) is 35.5 Å². The summed E-state index contributed by atoms with van der Waals surface area (Å²) in [6.07, 6.45) is 3.73. The highest BCUT2D eigenvalue weighted by Gasteiger charge is 2.21. The second-order valence-corrected chi connectivity index (χ2v) is 5.35. The predicted molar refractivity (Wildman–Crippen MR) is 68.6 cm³/mol. The van der Waals surface area contributed by atoms with Crippen LogP contribution in [0.1, 0.15) is 40.0 Å². The van der Waals surface area contributed by atoms with E-state index >= 15 is 0 Å². The van der Waals surface area contributed by atoms with Gasteiger partial charge in [0.1, 0.15) is 0 Å². The Bertz CT molecular complexity index is 185. The van der Waals surface area contributed by atoms with Gasteiger partial charge >= 0.3 is 0 Å². The molecule has 1 heterocycles. The first kappa shape index (κ1) is 13.9. The van der Waals surface area contributed by atoms with Gasteiger partial charge in [-0.1, -0.05) is 27.2 Å². The Hall–Kier alpha value is -0.120. The maximum absolute atomic E-state index is 9.27. The van der Waals surface area contributed by atoms with Crippen LogP contribution in [0.5, 0.6) is 0 Å². The highest BCUT2D eigenvalue weighted by molar-refractivity contribution is 4.77. The van der Waals surface area contributed by atoms with Crippen molar-refractivity contribution in [2.45, 2.75) is 52.1 Å². The van der Waals surface area contributed by atoms with Gasteiger partial charge in [-0.3, -0.25) is 0 Å². The summed E-state index contributed by atoms with van der Waals surface area (Å²) in [6, 6.07) is 0.722. The highest BCUT2D eigenvalue weighted by atomic mass is 16.3. The second-order valence-electron chi connectivity index (χ2n) is 5.35. The summed E-state index contributed by atoms with van der Waals surface area (Å²) >= 11 is 0. The van der Waals surface area contributed by atoms with Crippen molar-refractivity contribution < 1.29 is 5.11 Å². The van der Waals surface area contributed by atoms with Crippen molar-refractivity contribution in [3.05, 3.63) is 0 Å². The quantitative estimate of drug-likeness (QED) is 0.692. The number of aliphatic hydroxyl groups excluding tert-OH is 1. The minimum absolute atomic E-state index is 0.253. The fraction of sp³-hybridized carbons (Fsp3) is 1.00. The van der Waals surface area contributed by atoms with Gasteiger partial charge in [0.25, 0.3) is 0 Å². The number of rotatable bonds is 7. The SMILES string of the molecule is CCC1CCN(CCC(CO)NC(C)C)C1. The van der Waals surface area contributed by atoms with E-state index in [0.717, 1.165) is 18.9 Å². The lowest BCUT2D eigenvalue weighted by atomic mass is 10.1. The van der Waals surface area contributed by atoms with Crippen LogP contribution in [0.4, 0.5) is 0 Å². The molecule has 2 N–H and O–H groups in total. The van der Waals surface area contributed by atoms with Crippen LogP contribution < -0.4 is 5.32 Å². The van der Waals surface area contributed by atoms with Crippen LogP contribution >= 0.6 is 0 Å². The molecule has 1 aliphatic heterocycles. The standard InChI is InChI=1S/C13H28N2O/c1-4-12-5-7-15(9-12)8-6-13(10-16)14-11(2)3/h11-14,16H,4-10H2,1-3H3. The van der Waals surface area contributed by atoms with Crippen LogP contribution in [0, 0.1) is 5.92 Å². The Balaban J connectivity index is 2.17. The molecule has 0 aromatic carbocycles. The van der Waals surface area contributed by atoms with E-state index < -0.39 is 0 Å². The molecule has 0 saturated carbocycles. The molecule has 3 heteroatoms. The van der Waals surface area contributed by atoms with Crippen molar-refractivity contribution in [1.82, 2.24) is 10.2 Å². The Morgan fingerprint density at radius 2 is 2.19 bits per heavy atom. The van der Waals surface area contributed by atoms with Crippen molar-refractivity contribution in [1.29, 1.82) is 0 Å². The maximum Gasteiger partial charge on any atom is 0.0585 e. The van der Waals surface area contributed by atoms with Gasteiger partial charge in [0, 0.05) is 18.6 Å². The zero-order valence-corrected chi connectivity index (χ0v) is 11.1. The van der Waals surface area contributed by atoms with E-state index in [1.54, 1.807) is 0 Å². The van der Waals surface area contributed by atoms with Crippen LogP contribution in [-0.4, -0.2) is 48.3 Å². The summed E-state index contributed by atoms with van der Waals surface area (Å²) in [7, 11) is 0. The molecule has 0 amide bonds. The van der Waals surface area contributed by atoms with Crippen LogP contribution in [0.2, 0.25) is 0 Å². The number of nitrogens with zero attached hydrogens (tertiary/aromatic N) is 1. The van der Waals surface area contributed by atoms with Crippen molar-refractivity contribution in [3.63, 3.8) is 0 Å². The average molecular weight is 228 g/mol. The van der Waals surface area contributed by atoms with Gasteiger partial charge in [0.15, 0.2) is 0 Å². The van der Waals surface area contributed by atoms with Gasteiger partial charge in [-0.25, -0.2) is 0 Å². The fourth-order valence-electron chi connectivity index (χ4n) is 2.49.